The van der Waals surface area contributed by atoms with Crippen LogP contribution in [0, 0.1) is 13.8 Å². The van der Waals surface area contributed by atoms with E-state index in [9.17, 15) is 4.79 Å². The van der Waals surface area contributed by atoms with E-state index in [1.54, 1.807) is 32.5 Å². The van der Waals surface area contributed by atoms with Crippen LogP contribution in [-0.4, -0.2) is 46.9 Å². The lowest BCUT2D eigenvalue weighted by atomic mass is 9.94. The summed E-state index contributed by atoms with van der Waals surface area (Å²) < 4.78 is 16.5. The lowest BCUT2D eigenvalue weighted by Crippen LogP contribution is -2.39. The molecule has 0 radical (unpaired) electrons. The van der Waals surface area contributed by atoms with E-state index in [-0.39, 0.29) is 11.9 Å². The van der Waals surface area contributed by atoms with Crippen LogP contribution in [0.4, 0.5) is 0 Å². The third kappa shape index (κ3) is 3.32. The Morgan fingerprint density at radius 3 is 2.57 bits per heavy atom. The highest BCUT2D eigenvalue weighted by Crippen LogP contribution is 2.39. The van der Waals surface area contributed by atoms with Gasteiger partial charge in [0.05, 0.1) is 43.4 Å². The van der Waals surface area contributed by atoms with Crippen LogP contribution in [0.3, 0.4) is 0 Å². The monoisotopic (exact) mass is 410 g/mol. The number of H-pyrrole nitrogens is 1. The number of benzene rings is 1. The number of piperidine rings is 1. The van der Waals surface area contributed by atoms with Crippen molar-refractivity contribution >= 4 is 5.91 Å². The smallest absolute Gasteiger partial charge is 0.261 e. The zero-order chi connectivity index (χ0) is 21.3. The number of likely N-dealkylation sites (tertiary alicyclic amines) is 1. The normalized spacial score (nSPS) is 16.5. The molecular weight excluding hydrogens is 384 g/mol. The lowest BCUT2D eigenvalue weighted by molar-refractivity contribution is 0.0599. The largest absolute Gasteiger partial charge is 0.496 e. The first-order chi connectivity index (χ1) is 14.6. The highest BCUT2D eigenvalue weighted by molar-refractivity contribution is 6.00. The molecule has 8 nitrogen and oxygen atoms in total. The Hall–Kier alpha value is -3.29. The highest BCUT2D eigenvalue weighted by atomic mass is 16.5. The van der Waals surface area contributed by atoms with Gasteiger partial charge in [0.2, 0.25) is 0 Å². The van der Waals surface area contributed by atoms with Gasteiger partial charge in [-0.3, -0.25) is 9.89 Å². The molecule has 1 aliphatic rings. The molecule has 1 atom stereocenters. The van der Waals surface area contributed by atoms with E-state index >= 15 is 0 Å². The number of hydrogen-bond acceptors (Lipinski definition) is 6. The van der Waals surface area contributed by atoms with Crippen LogP contribution >= 0.6 is 0 Å². The second-order valence-electron chi connectivity index (χ2n) is 7.47. The summed E-state index contributed by atoms with van der Waals surface area (Å²) in [5.74, 6) is 1.55. The Bertz CT molecular complexity index is 1030. The Morgan fingerprint density at radius 2 is 1.93 bits per heavy atom. The summed E-state index contributed by atoms with van der Waals surface area (Å²) in [6, 6.07) is 5.20. The molecule has 0 unspecified atom stereocenters. The van der Waals surface area contributed by atoms with E-state index in [1.807, 2.05) is 24.8 Å². The fraction of sp³-hybridized carbons (Fsp3) is 0.409. The number of aromatic nitrogens is 3. The van der Waals surface area contributed by atoms with Gasteiger partial charge in [-0.25, -0.2) is 0 Å². The van der Waals surface area contributed by atoms with Crippen LogP contribution < -0.4 is 9.47 Å². The second kappa shape index (κ2) is 8.22. The summed E-state index contributed by atoms with van der Waals surface area (Å²) in [5.41, 5.74) is 3.94. The second-order valence-corrected chi connectivity index (χ2v) is 7.47. The van der Waals surface area contributed by atoms with Gasteiger partial charge in [0.1, 0.15) is 17.1 Å². The molecule has 1 aliphatic heterocycles. The first-order valence-electron chi connectivity index (χ1n) is 10.0. The lowest BCUT2D eigenvalue weighted by Gasteiger charge is -2.36. The maximum atomic E-state index is 13.7. The van der Waals surface area contributed by atoms with Crippen molar-refractivity contribution in [2.24, 2.45) is 0 Å². The van der Waals surface area contributed by atoms with Crippen molar-refractivity contribution < 1.29 is 18.8 Å². The van der Waals surface area contributed by atoms with Crippen molar-refractivity contribution in [2.45, 2.75) is 39.2 Å². The summed E-state index contributed by atoms with van der Waals surface area (Å²) in [6.07, 6.45) is 4.52. The van der Waals surface area contributed by atoms with Gasteiger partial charge in [-0.2, -0.15) is 5.10 Å². The van der Waals surface area contributed by atoms with Gasteiger partial charge in [-0.1, -0.05) is 11.2 Å². The number of rotatable bonds is 5. The number of aryl methyl sites for hydroxylation is 1. The fourth-order valence-corrected chi connectivity index (χ4v) is 4.08. The number of ether oxygens (including phenoxy) is 2. The minimum Gasteiger partial charge on any atom is -0.496 e. The molecule has 8 heteroatoms. The molecule has 3 aromatic rings. The van der Waals surface area contributed by atoms with Gasteiger partial charge in [0.25, 0.3) is 5.91 Å². The molecule has 158 valence electrons. The molecule has 1 amide bonds. The van der Waals surface area contributed by atoms with E-state index in [0.717, 1.165) is 41.8 Å². The molecule has 0 saturated carbocycles. The zero-order valence-electron chi connectivity index (χ0n) is 17.7. The van der Waals surface area contributed by atoms with E-state index in [2.05, 4.69) is 15.4 Å². The molecule has 0 bridgehead atoms. The SMILES string of the molecule is COc1cccc(OC)c1C(=O)N1CCCC[C@@H]1c1[nH]ncc1-c1onc(C)c1C. The number of nitrogens with one attached hydrogen (secondary N) is 1. The van der Waals surface area contributed by atoms with Gasteiger partial charge < -0.3 is 18.9 Å². The van der Waals surface area contributed by atoms with Gasteiger partial charge in [0, 0.05) is 12.1 Å². The summed E-state index contributed by atoms with van der Waals surface area (Å²) >= 11 is 0. The van der Waals surface area contributed by atoms with E-state index in [4.69, 9.17) is 14.0 Å². The third-order valence-corrected chi connectivity index (χ3v) is 5.81. The molecule has 1 aromatic carbocycles. The predicted molar refractivity (Wildman–Crippen MR) is 111 cm³/mol. The first kappa shape index (κ1) is 20.0. The summed E-state index contributed by atoms with van der Waals surface area (Å²) in [7, 11) is 3.11. The number of amides is 1. The molecule has 0 spiro atoms. The number of carbonyl (C=O) groups excluding carboxylic acids is 1. The topological polar surface area (TPSA) is 93.5 Å². The van der Waals surface area contributed by atoms with Crippen LogP contribution in [0.2, 0.25) is 0 Å². The highest BCUT2D eigenvalue weighted by Gasteiger charge is 2.35. The first-order valence-corrected chi connectivity index (χ1v) is 10.0. The predicted octanol–water partition coefficient (Wildman–Crippen LogP) is 4.07. The minimum atomic E-state index is -0.164. The molecule has 2 aromatic heterocycles. The zero-order valence-corrected chi connectivity index (χ0v) is 17.7. The summed E-state index contributed by atoms with van der Waals surface area (Å²) in [5, 5.41) is 11.4. The van der Waals surface area contributed by atoms with Crippen LogP contribution in [0.25, 0.3) is 11.3 Å². The van der Waals surface area contributed by atoms with Gasteiger partial charge in [-0.05, 0) is 45.2 Å². The Morgan fingerprint density at radius 1 is 1.20 bits per heavy atom. The van der Waals surface area contributed by atoms with Crippen LogP contribution in [0.15, 0.2) is 28.9 Å². The standard InChI is InChI=1S/C22H26N4O4/c1-13-14(2)25-30-21(13)15-12-23-24-20(15)16-8-5-6-11-26(16)22(27)19-17(28-3)9-7-10-18(19)29-4/h7,9-10,12,16H,5-6,8,11H2,1-4H3,(H,23,24)/t16-/m1/s1. The number of aromatic amines is 1. The van der Waals surface area contributed by atoms with Crippen molar-refractivity contribution in [2.75, 3.05) is 20.8 Å². The van der Waals surface area contributed by atoms with E-state index < -0.39 is 0 Å². The number of hydrogen-bond donors (Lipinski definition) is 1. The molecule has 1 fully saturated rings. The molecule has 30 heavy (non-hydrogen) atoms. The maximum absolute atomic E-state index is 13.7. The Balaban J connectivity index is 1.75. The molecular formula is C22H26N4O4. The van der Waals surface area contributed by atoms with Crippen LogP contribution in [-0.2, 0) is 0 Å². The Kier molecular flexibility index (Phi) is 5.48. The van der Waals surface area contributed by atoms with Gasteiger partial charge >= 0.3 is 0 Å². The van der Waals surface area contributed by atoms with Gasteiger partial charge in [0.15, 0.2) is 5.76 Å². The average Bonchev–Trinajstić information content (AvgIpc) is 3.39. The number of carbonyl (C=O) groups is 1. The van der Waals surface area contributed by atoms with Crippen molar-refractivity contribution in [1.82, 2.24) is 20.3 Å². The summed E-state index contributed by atoms with van der Waals surface area (Å²) in [4.78, 5) is 15.6. The van der Waals surface area contributed by atoms with Crippen molar-refractivity contribution in [3.63, 3.8) is 0 Å². The van der Waals surface area contributed by atoms with Crippen molar-refractivity contribution in [1.29, 1.82) is 0 Å². The molecule has 0 aliphatic carbocycles. The molecule has 1 saturated heterocycles. The summed E-state index contributed by atoms with van der Waals surface area (Å²) in [6.45, 7) is 4.52. The van der Waals surface area contributed by atoms with Crippen molar-refractivity contribution in [3.05, 3.63) is 46.9 Å². The van der Waals surface area contributed by atoms with Crippen LogP contribution in [0.5, 0.6) is 11.5 Å². The third-order valence-electron chi connectivity index (χ3n) is 5.81. The number of nitrogens with zero attached hydrogens (tertiary/aromatic N) is 3. The van der Waals surface area contributed by atoms with Crippen molar-refractivity contribution in [3.8, 4) is 22.8 Å². The number of methoxy groups -OCH3 is 2. The van der Waals surface area contributed by atoms with Crippen LogP contribution in [0.1, 0.15) is 52.6 Å². The van der Waals surface area contributed by atoms with Gasteiger partial charge in [-0.15, -0.1) is 0 Å². The molecule has 4 rings (SSSR count). The minimum absolute atomic E-state index is 0.125. The van der Waals surface area contributed by atoms with E-state index in [1.165, 1.54) is 0 Å². The Labute approximate surface area is 175 Å². The van der Waals surface area contributed by atoms with E-state index in [0.29, 0.717) is 29.4 Å². The maximum Gasteiger partial charge on any atom is 0.261 e. The average molecular weight is 410 g/mol. The fourth-order valence-electron chi connectivity index (χ4n) is 4.08. The molecule has 3 heterocycles. The molecule has 1 N–H and O–H groups in total. The quantitative estimate of drug-likeness (QED) is 0.682.